The smallest absolute Gasteiger partial charge is 0.226 e. The van der Waals surface area contributed by atoms with Crippen molar-refractivity contribution in [2.75, 3.05) is 18.8 Å². The van der Waals surface area contributed by atoms with E-state index in [-0.39, 0.29) is 5.91 Å². The maximum Gasteiger partial charge on any atom is 0.226 e. The molecule has 0 aliphatic carbocycles. The highest BCUT2D eigenvalue weighted by Crippen LogP contribution is 2.34. The predicted octanol–water partition coefficient (Wildman–Crippen LogP) is 3.10. The fraction of sp³-hybridized carbons (Fsp3) is 0.588. The molecular weight excluding hydrogens is 248 g/mol. The van der Waals surface area contributed by atoms with Crippen molar-refractivity contribution in [3.05, 3.63) is 29.8 Å². The van der Waals surface area contributed by atoms with E-state index >= 15 is 0 Å². The first-order chi connectivity index (χ1) is 9.36. The Hall–Kier alpha value is -1.51. The second-order valence-electron chi connectivity index (χ2n) is 6.94. The second-order valence-corrected chi connectivity index (χ2v) is 6.94. The molecule has 0 unspecified atom stereocenters. The molecule has 1 fully saturated rings. The van der Waals surface area contributed by atoms with Gasteiger partial charge in [-0.25, -0.2) is 0 Å². The number of anilines is 1. The van der Waals surface area contributed by atoms with Gasteiger partial charge in [0.15, 0.2) is 0 Å². The lowest BCUT2D eigenvalue weighted by Gasteiger charge is -2.38. The van der Waals surface area contributed by atoms with E-state index in [1.807, 2.05) is 29.2 Å². The van der Waals surface area contributed by atoms with E-state index in [9.17, 15) is 4.79 Å². The summed E-state index contributed by atoms with van der Waals surface area (Å²) < 4.78 is 0. The highest BCUT2D eigenvalue weighted by Gasteiger charge is 2.30. The summed E-state index contributed by atoms with van der Waals surface area (Å²) in [5, 5.41) is 0. The summed E-state index contributed by atoms with van der Waals surface area (Å²) in [6.45, 7) is 8.68. The zero-order valence-corrected chi connectivity index (χ0v) is 12.9. The minimum atomic E-state index is 0.238. The number of rotatable bonds is 2. The number of nitrogens with two attached hydrogens (primary N) is 1. The summed E-state index contributed by atoms with van der Waals surface area (Å²) >= 11 is 0. The summed E-state index contributed by atoms with van der Waals surface area (Å²) in [5.74, 6) is 0.963. The van der Waals surface area contributed by atoms with Crippen LogP contribution in [0.3, 0.4) is 0 Å². The van der Waals surface area contributed by atoms with E-state index in [1.54, 1.807) is 0 Å². The van der Waals surface area contributed by atoms with Crippen LogP contribution < -0.4 is 5.73 Å². The van der Waals surface area contributed by atoms with Crippen molar-refractivity contribution in [2.45, 2.75) is 40.0 Å². The van der Waals surface area contributed by atoms with Crippen LogP contribution in [-0.2, 0) is 11.2 Å². The molecule has 110 valence electrons. The third-order valence-corrected chi connectivity index (χ3v) is 4.41. The number of hydrogen-bond acceptors (Lipinski definition) is 2. The number of hydrogen-bond donors (Lipinski definition) is 1. The number of likely N-dealkylation sites (tertiary alicyclic amines) is 1. The van der Waals surface area contributed by atoms with E-state index in [2.05, 4.69) is 20.8 Å². The molecule has 1 heterocycles. The van der Waals surface area contributed by atoms with Crippen LogP contribution in [0.4, 0.5) is 5.69 Å². The summed E-state index contributed by atoms with van der Waals surface area (Å²) in [6.07, 6.45) is 2.73. The quantitative estimate of drug-likeness (QED) is 0.842. The molecule has 0 spiro atoms. The Morgan fingerprint density at radius 3 is 2.25 bits per heavy atom. The lowest BCUT2D eigenvalue weighted by Crippen LogP contribution is -2.42. The average Bonchev–Trinajstić information content (AvgIpc) is 2.40. The SMILES string of the molecule is CC(C)(C)C1CCN(C(=O)Cc2ccc(N)cc2)CC1. The van der Waals surface area contributed by atoms with Crippen LogP contribution in [0, 0.1) is 11.3 Å². The summed E-state index contributed by atoms with van der Waals surface area (Å²) in [5.41, 5.74) is 7.80. The molecule has 0 saturated carbocycles. The number of carbonyl (C=O) groups is 1. The Bertz CT molecular complexity index is 451. The van der Waals surface area contributed by atoms with Gasteiger partial charge in [-0.3, -0.25) is 4.79 Å². The number of nitrogens with zero attached hydrogens (tertiary/aromatic N) is 1. The highest BCUT2D eigenvalue weighted by atomic mass is 16.2. The molecule has 1 aliphatic rings. The van der Waals surface area contributed by atoms with Gasteiger partial charge in [-0.15, -0.1) is 0 Å². The van der Waals surface area contributed by atoms with Crippen LogP contribution in [0.15, 0.2) is 24.3 Å². The first-order valence-corrected chi connectivity index (χ1v) is 7.48. The van der Waals surface area contributed by atoms with Gasteiger partial charge in [0.05, 0.1) is 6.42 Å². The van der Waals surface area contributed by atoms with Crippen molar-refractivity contribution in [2.24, 2.45) is 11.3 Å². The average molecular weight is 274 g/mol. The molecule has 0 aromatic heterocycles. The van der Waals surface area contributed by atoms with Crippen LogP contribution in [0.25, 0.3) is 0 Å². The molecular formula is C17H26N2O. The Labute approximate surface area is 122 Å². The molecule has 0 bridgehead atoms. The van der Waals surface area contributed by atoms with Gasteiger partial charge in [-0.2, -0.15) is 0 Å². The zero-order chi connectivity index (χ0) is 14.8. The molecule has 1 aliphatic heterocycles. The number of benzene rings is 1. The van der Waals surface area contributed by atoms with Gasteiger partial charge < -0.3 is 10.6 Å². The Kier molecular flexibility index (Phi) is 4.36. The second kappa shape index (κ2) is 5.86. The van der Waals surface area contributed by atoms with Crippen molar-refractivity contribution < 1.29 is 4.79 Å². The topological polar surface area (TPSA) is 46.3 Å². The minimum absolute atomic E-state index is 0.238. The summed E-state index contributed by atoms with van der Waals surface area (Å²) in [6, 6.07) is 7.59. The van der Waals surface area contributed by atoms with Gasteiger partial charge in [0, 0.05) is 18.8 Å². The lowest BCUT2D eigenvalue weighted by atomic mass is 9.75. The third-order valence-electron chi connectivity index (χ3n) is 4.41. The van der Waals surface area contributed by atoms with Gasteiger partial charge in [-0.05, 0) is 41.9 Å². The fourth-order valence-electron chi connectivity index (χ4n) is 2.92. The van der Waals surface area contributed by atoms with Crippen LogP contribution in [0.2, 0.25) is 0 Å². The van der Waals surface area contributed by atoms with E-state index < -0.39 is 0 Å². The highest BCUT2D eigenvalue weighted by molar-refractivity contribution is 5.79. The summed E-state index contributed by atoms with van der Waals surface area (Å²) in [7, 11) is 0. The van der Waals surface area contributed by atoms with Crippen molar-refractivity contribution >= 4 is 11.6 Å². The van der Waals surface area contributed by atoms with E-state index in [4.69, 9.17) is 5.73 Å². The number of carbonyl (C=O) groups excluding carboxylic acids is 1. The standard InChI is InChI=1S/C17H26N2O/c1-17(2,3)14-8-10-19(11-9-14)16(20)12-13-4-6-15(18)7-5-13/h4-7,14H,8-12,18H2,1-3H3. The molecule has 1 saturated heterocycles. The van der Waals surface area contributed by atoms with Crippen molar-refractivity contribution in [1.82, 2.24) is 4.90 Å². The van der Waals surface area contributed by atoms with Gasteiger partial charge >= 0.3 is 0 Å². The van der Waals surface area contributed by atoms with Crippen molar-refractivity contribution in [1.29, 1.82) is 0 Å². The lowest BCUT2D eigenvalue weighted by molar-refractivity contribution is -0.132. The fourth-order valence-corrected chi connectivity index (χ4v) is 2.92. The van der Waals surface area contributed by atoms with Gasteiger partial charge in [0.2, 0.25) is 5.91 Å². The number of piperidine rings is 1. The monoisotopic (exact) mass is 274 g/mol. The predicted molar refractivity (Wildman–Crippen MR) is 83.3 cm³/mol. The van der Waals surface area contributed by atoms with E-state index in [0.717, 1.165) is 43.1 Å². The Morgan fingerprint density at radius 1 is 1.20 bits per heavy atom. The molecule has 1 aromatic carbocycles. The molecule has 3 nitrogen and oxygen atoms in total. The van der Waals surface area contributed by atoms with Gasteiger partial charge in [0.1, 0.15) is 0 Å². The third kappa shape index (κ3) is 3.75. The van der Waals surface area contributed by atoms with E-state index in [0.29, 0.717) is 11.8 Å². The van der Waals surface area contributed by atoms with Crippen LogP contribution in [0.5, 0.6) is 0 Å². The molecule has 0 atom stereocenters. The molecule has 2 rings (SSSR count). The number of amides is 1. The Morgan fingerprint density at radius 2 is 1.75 bits per heavy atom. The van der Waals surface area contributed by atoms with Crippen LogP contribution >= 0.6 is 0 Å². The largest absolute Gasteiger partial charge is 0.399 e. The molecule has 1 amide bonds. The first-order valence-electron chi connectivity index (χ1n) is 7.48. The van der Waals surface area contributed by atoms with Crippen molar-refractivity contribution in [3.8, 4) is 0 Å². The van der Waals surface area contributed by atoms with Crippen LogP contribution in [-0.4, -0.2) is 23.9 Å². The maximum absolute atomic E-state index is 12.3. The van der Waals surface area contributed by atoms with E-state index in [1.165, 1.54) is 0 Å². The van der Waals surface area contributed by atoms with Crippen molar-refractivity contribution in [3.63, 3.8) is 0 Å². The summed E-state index contributed by atoms with van der Waals surface area (Å²) in [4.78, 5) is 14.3. The molecule has 20 heavy (non-hydrogen) atoms. The van der Waals surface area contributed by atoms with Crippen LogP contribution in [0.1, 0.15) is 39.2 Å². The molecule has 3 heteroatoms. The zero-order valence-electron chi connectivity index (χ0n) is 12.9. The van der Waals surface area contributed by atoms with Gasteiger partial charge in [0.25, 0.3) is 0 Å². The minimum Gasteiger partial charge on any atom is -0.399 e. The number of nitrogen functional groups attached to an aromatic ring is 1. The van der Waals surface area contributed by atoms with Gasteiger partial charge in [-0.1, -0.05) is 32.9 Å². The Balaban J connectivity index is 1.87. The first kappa shape index (κ1) is 14.9. The maximum atomic E-state index is 12.3. The molecule has 1 aromatic rings. The normalized spacial score (nSPS) is 17.2. The molecule has 0 radical (unpaired) electrons. The molecule has 2 N–H and O–H groups in total.